The van der Waals surface area contributed by atoms with Gasteiger partial charge in [-0.15, -0.1) is 0 Å². The Bertz CT molecular complexity index is 296. The molecule has 3 nitrogen and oxygen atoms in total. The lowest BCUT2D eigenvalue weighted by molar-refractivity contribution is 0.0274. The van der Waals surface area contributed by atoms with E-state index in [4.69, 9.17) is 0 Å². The maximum absolute atomic E-state index is 9.19. The normalized spacial score (nSPS) is 25.3. The number of aromatic nitrogens is 1. The highest BCUT2D eigenvalue weighted by atomic mass is 16.3. The summed E-state index contributed by atoms with van der Waals surface area (Å²) in [5, 5.41) is 9.19. The van der Waals surface area contributed by atoms with Gasteiger partial charge >= 0.3 is 0 Å². The van der Waals surface area contributed by atoms with Crippen molar-refractivity contribution >= 4 is 0 Å². The Morgan fingerprint density at radius 1 is 1.53 bits per heavy atom. The quantitative estimate of drug-likeness (QED) is 0.806. The van der Waals surface area contributed by atoms with Crippen molar-refractivity contribution in [3.63, 3.8) is 0 Å². The molecule has 0 amide bonds. The maximum Gasteiger partial charge on any atom is 0.0546 e. The highest BCUT2D eigenvalue weighted by Gasteiger charge is 2.27. The van der Waals surface area contributed by atoms with Crippen LogP contribution in [-0.4, -0.2) is 34.7 Å². The molecule has 0 spiro atoms. The molecule has 1 N–H and O–H groups in total. The van der Waals surface area contributed by atoms with Crippen molar-refractivity contribution in [1.29, 1.82) is 0 Å². The molecule has 82 valence electrons. The first-order valence-corrected chi connectivity index (χ1v) is 5.49. The predicted molar refractivity (Wildman–Crippen MR) is 59.3 cm³/mol. The first-order valence-electron chi connectivity index (χ1n) is 5.49. The minimum absolute atomic E-state index is 0.0400. The summed E-state index contributed by atoms with van der Waals surface area (Å²) in [6.45, 7) is 2.02. The minimum atomic E-state index is -0.0400. The van der Waals surface area contributed by atoms with Gasteiger partial charge in [0.05, 0.1) is 6.10 Å². The fraction of sp³-hybridized carbons (Fsp3) is 0.583. The van der Waals surface area contributed by atoms with Crippen LogP contribution < -0.4 is 0 Å². The molecule has 1 aromatic rings. The van der Waals surface area contributed by atoms with E-state index >= 15 is 0 Å². The molecule has 1 aromatic heterocycles. The van der Waals surface area contributed by atoms with Crippen LogP contribution in [-0.2, 0) is 6.54 Å². The Morgan fingerprint density at radius 3 is 2.93 bits per heavy atom. The highest BCUT2D eigenvalue weighted by Crippen LogP contribution is 2.27. The van der Waals surface area contributed by atoms with Crippen LogP contribution in [0.5, 0.6) is 0 Å². The first-order chi connectivity index (χ1) is 7.24. The van der Waals surface area contributed by atoms with E-state index in [1.807, 2.05) is 12.3 Å². The van der Waals surface area contributed by atoms with E-state index in [0.717, 1.165) is 25.9 Å². The van der Waals surface area contributed by atoms with Crippen molar-refractivity contribution in [1.82, 2.24) is 9.88 Å². The van der Waals surface area contributed by atoms with Gasteiger partial charge in [0.15, 0.2) is 0 Å². The summed E-state index contributed by atoms with van der Waals surface area (Å²) in [5.41, 5.74) is 1.25. The van der Waals surface area contributed by atoms with E-state index in [0.29, 0.717) is 5.92 Å². The molecule has 1 aliphatic rings. The van der Waals surface area contributed by atoms with Gasteiger partial charge in [-0.3, -0.25) is 4.98 Å². The van der Waals surface area contributed by atoms with Gasteiger partial charge in [0, 0.05) is 25.5 Å². The second kappa shape index (κ2) is 4.73. The molecule has 1 saturated carbocycles. The Morgan fingerprint density at radius 2 is 2.33 bits per heavy atom. The van der Waals surface area contributed by atoms with Gasteiger partial charge in [0.25, 0.3) is 0 Å². The predicted octanol–water partition coefficient (Wildman–Crippen LogP) is 1.28. The van der Waals surface area contributed by atoms with E-state index < -0.39 is 0 Å². The number of aliphatic hydroxyl groups is 1. The van der Waals surface area contributed by atoms with E-state index in [1.165, 1.54) is 5.56 Å². The molecular formula is C12H18N2O. The van der Waals surface area contributed by atoms with Crippen molar-refractivity contribution in [2.45, 2.75) is 25.5 Å². The summed E-state index contributed by atoms with van der Waals surface area (Å²) >= 11 is 0. The number of nitrogens with zero attached hydrogens (tertiary/aromatic N) is 2. The van der Waals surface area contributed by atoms with E-state index in [-0.39, 0.29) is 6.10 Å². The molecule has 1 heterocycles. The molecule has 0 unspecified atom stereocenters. The molecule has 0 bridgehead atoms. The molecular weight excluding hydrogens is 188 g/mol. The SMILES string of the molecule is CN(Cc1cccnc1)CC1CC(O)C1. The van der Waals surface area contributed by atoms with Gasteiger partial charge in [0.2, 0.25) is 0 Å². The average molecular weight is 206 g/mol. The molecule has 0 saturated heterocycles. The summed E-state index contributed by atoms with van der Waals surface area (Å²) in [7, 11) is 2.12. The Kier molecular flexibility index (Phi) is 3.34. The zero-order valence-electron chi connectivity index (χ0n) is 9.13. The molecule has 2 rings (SSSR count). The second-order valence-corrected chi connectivity index (χ2v) is 4.55. The maximum atomic E-state index is 9.19. The standard InChI is InChI=1S/C12H18N2O/c1-14(9-11-5-12(15)6-11)8-10-3-2-4-13-7-10/h2-4,7,11-12,15H,5-6,8-9H2,1H3. The van der Waals surface area contributed by atoms with E-state index in [2.05, 4.69) is 23.0 Å². The Hall–Kier alpha value is -0.930. The highest BCUT2D eigenvalue weighted by molar-refractivity contribution is 5.07. The van der Waals surface area contributed by atoms with Crippen LogP contribution in [0.1, 0.15) is 18.4 Å². The molecule has 0 atom stereocenters. The molecule has 1 fully saturated rings. The lowest BCUT2D eigenvalue weighted by Crippen LogP contribution is -2.36. The van der Waals surface area contributed by atoms with Crippen molar-refractivity contribution < 1.29 is 5.11 Å². The van der Waals surface area contributed by atoms with Crippen LogP contribution in [0.25, 0.3) is 0 Å². The zero-order valence-corrected chi connectivity index (χ0v) is 9.13. The molecule has 0 radical (unpaired) electrons. The topological polar surface area (TPSA) is 36.4 Å². The minimum Gasteiger partial charge on any atom is -0.393 e. The second-order valence-electron chi connectivity index (χ2n) is 4.55. The lowest BCUT2D eigenvalue weighted by atomic mass is 9.82. The van der Waals surface area contributed by atoms with Crippen molar-refractivity contribution in [2.75, 3.05) is 13.6 Å². The van der Waals surface area contributed by atoms with Gasteiger partial charge in [-0.1, -0.05) is 6.07 Å². The van der Waals surface area contributed by atoms with Crippen molar-refractivity contribution in [3.05, 3.63) is 30.1 Å². The summed E-state index contributed by atoms with van der Waals surface area (Å²) in [4.78, 5) is 6.40. The third kappa shape index (κ3) is 3.01. The van der Waals surface area contributed by atoms with Crippen LogP contribution in [0.3, 0.4) is 0 Å². The first kappa shape index (κ1) is 10.6. The van der Waals surface area contributed by atoms with Crippen LogP contribution in [0.2, 0.25) is 0 Å². The number of pyridine rings is 1. The molecule has 1 aliphatic carbocycles. The Balaban J connectivity index is 1.75. The third-order valence-electron chi connectivity index (χ3n) is 2.96. The fourth-order valence-corrected chi connectivity index (χ4v) is 2.16. The molecule has 3 heteroatoms. The van der Waals surface area contributed by atoms with Gasteiger partial charge in [0.1, 0.15) is 0 Å². The number of hydrogen-bond acceptors (Lipinski definition) is 3. The summed E-state index contributed by atoms with van der Waals surface area (Å²) < 4.78 is 0. The molecule has 0 aromatic carbocycles. The third-order valence-corrected chi connectivity index (χ3v) is 2.96. The average Bonchev–Trinajstić information content (AvgIpc) is 2.17. The van der Waals surface area contributed by atoms with E-state index in [1.54, 1.807) is 6.20 Å². The lowest BCUT2D eigenvalue weighted by Gasteiger charge is -2.34. The van der Waals surface area contributed by atoms with Gasteiger partial charge in [-0.05, 0) is 37.4 Å². The fourth-order valence-electron chi connectivity index (χ4n) is 2.16. The van der Waals surface area contributed by atoms with Crippen LogP contribution in [0, 0.1) is 5.92 Å². The summed E-state index contributed by atoms with van der Waals surface area (Å²) in [5.74, 6) is 0.682. The number of aliphatic hydroxyl groups excluding tert-OH is 1. The number of rotatable bonds is 4. The monoisotopic (exact) mass is 206 g/mol. The van der Waals surface area contributed by atoms with Crippen LogP contribution in [0.4, 0.5) is 0 Å². The molecule has 15 heavy (non-hydrogen) atoms. The van der Waals surface area contributed by atoms with Crippen molar-refractivity contribution in [3.8, 4) is 0 Å². The van der Waals surface area contributed by atoms with E-state index in [9.17, 15) is 5.11 Å². The van der Waals surface area contributed by atoms with Crippen LogP contribution in [0.15, 0.2) is 24.5 Å². The number of hydrogen-bond donors (Lipinski definition) is 1. The smallest absolute Gasteiger partial charge is 0.0546 e. The largest absolute Gasteiger partial charge is 0.393 e. The summed E-state index contributed by atoms with van der Waals surface area (Å²) in [6, 6.07) is 4.06. The van der Waals surface area contributed by atoms with Gasteiger partial charge in [-0.25, -0.2) is 0 Å². The molecule has 0 aliphatic heterocycles. The van der Waals surface area contributed by atoms with Crippen molar-refractivity contribution in [2.24, 2.45) is 5.92 Å². The van der Waals surface area contributed by atoms with Gasteiger partial charge < -0.3 is 10.0 Å². The summed E-state index contributed by atoms with van der Waals surface area (Å²) in [6.07, 6.45) is 5.61. The Labute approximate surface area is 90.8 Å². The zero-order chi connectivity index (χ0) is 10.7. The van der Waals surface area contributed by atoms with Crippen LogP contribution >= 0.6 is 0 Å². The van der Waals surface area contributed by atoms with Gasteiger partial charge in [-0.2, -0.15) is 0 Å².